The summed E-state index contributed by atoms with van der Waals surface area (Å²) < 4.78 is 0. The maximum Gasteiger partial charge on any atom is 0.175 e. The Balaban J connectivity index is 1.73. The van der Waals surface area contributed by atoms with Crippen molar-refractivity contribution in [2.24, 2.45) is 5.92 Å². The number of Topliss-reactive ketones (excluding diaryl/α,β-unsaturated/α-hetero) is 3. The summed E-state index contributed by atoms with van der Waals surface area (Å²) in [6.45, 7) is 1.94. The molecule has 3 aromatic carbocycles. The van der Waals surface area contributed by atoms with Crippen LogP contribution in [0.5, 0.6) is 0 Å². The van der Waals surface area contributed by atoms with Crippen molar-refractivity contribution < 1.29 is 14.4 Å². The highest BCUT2D eigenvalue weighted by atomic mass is 16.2. The van der Waals surface area contributed by atoms with Crippen molar-refractivity contribution in [1.29, 1.82) is 0 Å². The minimum absolute atomic E-state index is 0.0610. The van der Waals surface area contributed by atoms with E-state index in [4.69, 9.17) is 0 Å². The molecule has 4 rings (SSSR count). The minimum Gasteiger partial charge on any atom is -0.294 e. The largest absolute Gasteiger partial charge is 0.294 e. The van der Waals surface area contributed by atoms with Gasteiger partial charge in [-0.25, -0.2) is 0 Å². The standard InChI is InChI=1S/C25H20O3/c1-16-8-7-11-18(14-16)22(26)15-21(17-9-3-2-4-10-17)23-24(27)19-12-5-6-13-20(19)25(23)28/h2-14,21,23H,15H2,1H3/t21-/m0/s1. The topological polar surface area (TPSA) is 51.2 Å². The van der Waals surface area contributed by atoms with E-state index in [0.717, 1.165) is 11.1 Å². The lowest BCUT2D eigenvalue weighted by molar-refractivity contribution is 0.0802. The second-order valence-corrected chi connectivity index (χ2v) is 7.27. The summed E-state index contributed by atoms with van der Waals surface area (Å²) in [7, 11) is 0. The molecule has 0 aromatic heterocycles. The van der Waals surface area contributed by atoms with Gasteiger partial charge in [0.25, 0.3) is 0 Å². The van der Waals surface area contributed by atoms with Gasteiger partial charge in [-0.15, -0.1) is 0 Å². The molecule has 3 nitrogen and oxygen atoms in total. The van der Waals surface area contributed by atoms with Crippen LogP contribution < -0.4 is 0 Å². The number of aryl methyl sites for hydroxylation is 1. The van der Waals surface area contributed by atoms with E-state index < -0.39 is 11.8 Å². The third-order valence-electron chi connectivity index (χ3n) is 5.40. The maximum atomic E-state index is 13.1. The number of ketones is 3. The molecule has 1 atom stereocenters. The van der Waals surface area contributed by atoms with E-state index in [0.29, 0.717) is 16.7 Å². The predicted molar refractivity (Wildman–Crippen MR) is 108 cm³/mol. The first-order valence-corrected chi connectivity index (χ1v) is 9.38. The van der Waals surface area contributed by atoms with Gasteiger partial charge < -0.3 is 0 Å². The Kier molecular flexibility index (Phi) is 4.74. The average molecular weight is 368 g/mol. The SMILES string of the molecule is Cc1cccc(C(=O)C[C@@H](c2ccccc2)C2C(=O)c3ccccc3C2=O)c1. The van der Waals surface area contributed by atoms with Crippen molar-refractivity contribution >= 4 is 17.3 Å². The lowest BCUT2D eigenvalue weighted by atomic mass is 9.79. The summed E-state index contributed by atoms with van der Waals surface area (Å²) in [5.41, 5.74) is 3.37. The van der Waals surface area contributed by atoms with E-state index in [9.17, 15) is 14.4 Å². The van der Waals surface area contributed by atoms with Gasteiger partial charge in [0, 0.05) is 29.0 Å². The monoisotopic (exact) mass is 368 g/mol. The van der Waals surface area contributed by atoms with Crippen LogP contribution in [0.25, 0.3) is 0 Å². The number of carbonyl (C=O) groups excluding carboxylic acids is 3. The van der Waals surface area contributed by atoms with Gasteiger partial charge in [-0.2, -0.15) is 0 Å². The molecule has 0 aliphatic heterocycles. The van der Waals surface area contributed by atoms with Gasteiger partial charge in [0.15, 0.2) is 17.3 Å². The van der Waals surface area contributed by atoms with Crippen molar-refractivity contribution in [3.63, 3.8) is 0 Å². The van der Waals surface area contributed by atoms with Gasteiger partial charge in [-0.05, 0) is 18.6 Å². The number of fused-ring (bicyclic) bond motifs is 1. The molecular weight excluding hydrogens is 348 g/mol. The number of hydrogen-bond donors (Lipinski definition) is 0. The molecule has 0 radical (unpaired) electrons. The molecule has 1 aliphatic carbocycles. The fourth-order valence-electron chi connectivity index (χ4n) is 4.00. The second-order valence-electron chi connectivity index (χ2n) is 7.27. The van der Waals surface area contributed by atoms with Crippen molar-refractivity contribution in [1.82, 2.24) is 0 Å². The predicted octanol–water partition coefficient (Wildman–Crippen LogP) is 5.05. The zero-order valence-electron chi connectivity index (χ0n) is 15.6. The van der Waals surface area contributed by atoms with Gasteiger partial charge in [0.1, 0.15) is 0 Å². The third-order valence-corrected chi connectivity index (χ3v) is 5.40. The summed E-state index contributed by atoms with van der Waals surface area (Å²) >= 11 is 0. The molecule has 0 spiro atoms. The molecule has 0 unspecified atom stereocenters. The van der Waals surface area contributed by atoms with Crippen LogP contribution >= 0.6 is 0 Å². The summed E-state index contributed by atoms with van der Waals surface area (Å²) in [4.78, 5) is 39.1. The third kappa shape index (κ3) is 3.20. The van der Waals surface area contributed by atoms with Crippen LogP contribution in [0.4, 0.5) is 0 Å². The normalized spacial score (nSPS) is 14.8. The first-order chi connectivity index (χ1) is 13.6. The van der Waals surface area contributed by atoms with Gasteiger partial charge in [0.05, 0.1) is 5.92 Å². The quantitative estimate of drug-likeness (QED) is 0.468. The molecule has 0 N–H and O–H groups in total. The molecule has 0 bridgehead atoms. The Morgan fingerprint density at radius 1 is 0.821 bits per heavy atom. The Morgan fingerprint density at radius 3 is 2.04 bits per heavy atom. The van der Waals surface area contributed by atoms with Gasteiger partial charge in [-0.3, -0.25) is 14.4 Å². The lowest BCUT2D eigenvalue weighted by Crippen LogP contribution is -2.26. The molecule has 3 aromatic rings. The van der Waals surface area contributed by atoms with Crippen molar-refractivity contribution in [3.8, 4) is 0 Å². The van der Waals surface area contributed by atoms with Crippen LogP contribution in [0.15, 0.2) is 78.9 Å². The molecule has 1 aliphatic rings. The minimum atomic E-state index is -0.853. The van der Waals surface area contributed by atoms with Crippen molar-refractivity contribution in [2.45, 2.75) is 19.3 Å². The van der Waals surface area contributed by atoms with Gasteiger partial charge in [-0.1, -0.05) is 78.4 Å². The van der Waals surface area contributed by atoms with Crippen LogP contribution in [0, 0.1) is 12.8 Å². The highest BCUT2D eigenvalue weighted by molar-refractivity contribution is 6.27. The zero-order valence-corrected chi connectivity index (χ0v) is 15.6. The van der Waals surface area contributed by atoms with E-state index in [1.165, 1.54) is 0 Å². The van der Waals surface area contributed by atoms with Crippen LogP contribution in [0.3, 0.4) is 0 Å². The Labute approximate surface area is 164 Å². The first-order valence-electron chi connectivity index (χ1n) is 9.38. The van der Waals surface area contributed by atoms with Crippen molar-refractivity contribution in [2.75, 3.05) is 0 Å². The summed E-state index contributed by atoms with van der Waals surface area (Å²) in [6, 6.07) is 23.7. The van der Waals surface area contributed by atoms with E-state index in [2.05, 4.69) is 0 Å². The van der Waals surface area contributed by atoms with Crippen LogP contribution in [-0.2, 0) is 0 Å². The molecule has 0 saturated heterocycles. The summed E-state index contributed by atoms with van der Waals surface area (Å²) in [5, 5.41) is 0. The Morgan fingerprint density at radius 2 is 1.43 bits per heavy atom. The fourth-order valence-corrected chi connectivity index (χ4v) is 4.00. The van der Waals surface area contributed by atoms with Crippen LogP contribution in [0.2, 0.25) is 0 Å². The molecule has 0 fully saturated rings. The highest BCUT2D eigenvalue weighted by Crippen LogP contribution is 2.39. The molecule has 138 valence electrons. The average Bonchev–Trinajstić information content (AvgIpc) is 2.97. The highest BCUT2D eigenvalue weighted by Gasteiger charge is 2.44. The van der Waals surface area contributed by atoms with E-state index in [1.807, 2.05) is 55.5 Å². The molecule has 0 amide bonds. The number of rotatable bonds is 5. The van der Waals surface area contributed by atoms with E-state index in [1.54, 1.807) is 30.3 Å². The maximum absolute atomic E-state index is 13.1. The Bertz CT molecular complexity index is 1030. The van der Waals surface area contributed by atoms with Crippen LogP contribution in [0.1, 0.15) is 54.5 Å². The summed E-state index contributed by atoms with van der Waals surface area (Å²) in [5.74, 6) is -1.78. The van der Waals surface area contributed by atoms with E-state index >= 15 is 0 Å². The number of hydrogen-bond acceptors (Lipinski definition) is 3. The lowest BCUT2D eigenvalue weighted by Gasteiger charge is -2.21. The zero-order chi connectivity index (χ0) is 19.7. The van der Waals surface area contributed by atoms with Crippen molar-refractivity contribution in [3.05, 3.63) is 107 Å². The fraction of sp³-hybridized carbons (Fsp3) is 0.160. The number of benzene rings is 3. The smallest absolute Gasteiger partial charge is 0.175 e. The molecular formula is C25H20O3. The van der Waals surface area contributed by atoms with E-state index in [-0.39, 0.29) is 23.8 Å². The molecule has 0 saturated carbocycles. The van der Waals surface area contributed by atoms with Crippen LogP contribution in [-0.4, -0.2) is 17.3 Å². The van der Waals surface area contributed by atoms with Gasteiger partial charge in [0.2, 0.25) is 0 Å². The molecule has 3 heteroatoms. The van der Waals surface area contributed by atoms with Gasteiger partial charge >= 0.3 is 0 Å². The number of carbonyl (C=O) groups is 3. The second kappa shape index (κ2) is 7.35. The molecule has 28 heavy (non-hydrogen) atoms. The Hall–Kier alpha value is -3.33. The first kappa shape index (κ1) is 18.1. The summed E-state index contributed by atoms with van der Waals surface area (Å²) in [6.07, 6.45) is 0.115. The molecule has 0 heterocycles.